The molecule has 0 amide bonds. The zero-order valence-corrected chi connectivity index (χ0v) is 7.18. The number of aliphatic imine (C=N–C) groups is 1. The summed E-state index contributed by atoms with van der Waals surface area (Å²) in [6.07, 6.45) is 6.31. The predicted molar refractivity (Wildman–Crippen MR) is 48.7 cm³/mol. The average molecular weight is 189 g/mol. The number of aliphatic carboxylic acids is 1. The molecule has 0 aromatic heterocycles. The van der Waals surface area contributed by atoms with Gasteiger partial charge in [0.1, 0.15) is 5.76 Å². The molecule has 70 valence electrons. The lowest BCUT2D eigenvalue weighted by Gasteiger charge is -2.33. The van der Waals surface area contributed by atoms with Gasteiger partial charge < -0.3 is 9.84 Å². The fraction of sp³-hybridized carbons (Fsp3) is 0.200. The van der Waals surface area contributed by atoms with E-state index in [1.807, 2.05) is 12.2 Å². The molecule has 3 aliphatic heterocycles. The molecule has 2 bridgehead atoms. The molecule has 1 N–H and O–H groups in total. The molecule has 0 radical (unpaired) electrons. The lowest BCUT2D eigenvalue weighted by Crippen LogP contribution is -2.38. The Balaban J connectivity index is 2.13. The van der Waals surface area contributed by atoms with Crippen LogP contribution in [0.2, 0.25) is 0 Å². The SMILES string of the molecule is O=C(O)C1OC2=C3C=NC=C3C1C=C2. The molecular formula is C10H7NO3. The van der Waals surface area contributed by atoms with Gasteiger partial charge in [0.15, 0.2) is 0 Å². The molecule has 0 aromatic rings. The van der Waals surface area contributed by atoms with Crippen LogP contribution in [0.1, 0.15) is 0 Å². The molecule has 3 heterocycles. The summed E-state index contributed by atoms with van der Waals surface area (Å²) in [7, 11) is 0. The van der Waals surface area contributed by atoms with E-state index in [0.29, 0.717) is 5.76 Å². The van der Waals surface area contributed by atoms with Gasteiger partial charge in [-0.2, -0.15) is 0 Å². The largest absolute Gasteiger partial charge is 0.478 e. The number of rotatable bonds is 1. The third kappa shape index (κ3) is 0.775. The molecule has 4 heteroatoms. The highest BCUT2D eigenvalue weighted by Crippen LogP contribution is 2.40. The zero-order valence-electron chi connectivity index (χ0n) is 7.18. The highest BCUT2D eigenvalue weighted by Gasteiger charge is 2.41. The smallest absolute Gasteiger partial charge is 0.345 e. The summed E-state index contributed by atoms with van der Waals surface area (Å²) >= 11 is 0. The summed E-state index contributed by atoms with van der Waals surface area (Å²) in [6.45, 7) is 0. The highest BCUT2D eigenvalue weighted by atomic mass is 16.5. The quantitative estimate of drug-likeness (QED) is 0.666. The average Bonchev–Trinajstić information content (AvgIpc) is 2.68. The van der Waals surface area contributed by atoms with Crippen LogP contribution in [-0.4, -0.2) is 23.4 Å². The summed E-state index contributed by atoms with van der Waals surface area (Å²) in [5, 5.41) is 8.93. The topological polar surface area (TPSA) is 58.9 Å². The number of carboxylic acids is 1. The molecule has 0 saturated carbocycles. The normalized spacial score (nSPS) is 31.6. The van der Waals surface area contributed by atoms with E-state index >= 15 is 0 Å². The molecule has 2 atom stereocenters. The minimum Gasteiger partial charge on any atom is -0.478 e. The Labute approximate surface area is 79.9 Å². The van der Waals surface area contributed by atoms with Crippen LogP contribution in [0.15, 0.2) is 40.2 Å². The standard InChI is InChI=1S/C10H7NO3/c12-10(13)9-5-1-2-8(14-9)7-4-11-3-6(5)7/h1-5,9H,(H,12,13). The van der Waals surface area contributed by atoms with Crippen molar-refractivity contribution >= 4 is 12.2 Å². The summed E-state index contributed by atoms with van der Waals surface area (Å²) < 4.78 is 5.32. The lowest BCUT2D eigenvalue weighted by molar-refractivity contribution is -0.150. The molecule has 2 unspecified atom stereocenters. The van der Waals surface area contributed by atoms with E-state index in [4.69, 9.17) is 9.84 Å². The Bertz CT molecular complexity index is 442. The number of carboxylic acid groups (broad SMARTS) is 1. The fourth-order valence-corrected chi connectivity index (χ4v) is 1.97. The summed E-state index contributed by atoms with van der Waals surface area (Å²) in [5.41, 5.74) is 1.89. The number of hydrogen-bond acceptors (Lipinski definition) is 3. The number of allylic oxidation sites excluding steroid dienone is 2. The molecule has 0 fully saturated rings. The van der Waals surface area contributed by atoms with Crippen molar-refractivity contribution in [1.29, 1.82) is 0 Å². The molecule has 14 heavy (non-hydrogen) atoms. The molecule has 0 spiro atoms. The third-order valence-electron chi connectivity index (χ3n) is 2.63. The lowest BCUT2D eigenvalue weighted by atomic mass is 9.82. The van der Waals surface area contributed by atoms with Gasteiger partial charge in [0.25, 0.3) is 0 Å². The van der Waals surface area contributed by atoms with E-state index in [1.165, 1.54) is 0 Å². The van der Waals surface area contributed by atoms with Crippen molar-refractivity contribution in [3.63, 3.8) is 0 Å². The van der Waals surface area contributed by atoms with Crippen LogP contribution in [0.3, 0.4) is 0 Å². The van der Waals surface area contributed by atoms with E-state index in [9.17, 15) is 4.79 Å². The van der Waals surface area contributed by atoms with Crippen molar-refractivity contribution in [2.24, 2.45) is 10.9 Å². The zero-order chi connectivity index (χ0) is 9.71. The van der Waals surface area contributed by atoms with Gasteiger partial charge in [0.05, 0.1) is 5.92 Å². The van der Waals surface area contributed by atoms with Gasteiger partial charge in [-0.1, -0.05) is 6.08 Å². The molecule has 4 rings (SSSR count). The van der Waals surface area contributed by atoms with Crippen LogP contribution in [0.25, 0.3) is 0 Å². The third-order valence-corrected chi connectivity index (χ3v) is 2.63. The van der Waals surface area contributed by atoms with E-state index in [-0.39, 0.29) is 5.92 Å². The molecule has 0 aromatic carbocycles. The molecular weight excluding hydrogens is 182 g/mol. The van der Waals surface area contributed by atoms with Crippen LogP contribution in [0.4, 0.5) is 0 Å². The highest BCUT2D eigenvalue weighted by molar-refractivity contribution is 5.92. The Morgan fingerprint density at radius 3 is 3.21 bits per heavy atom. The second-order valence-corrected chi connectivity index (χ2v) is 3.40. The van der Waals surface area contributed by atoms with Crippen molar-refractivity contribution < 1.29 is 14.6 Å². The second-order valence-electron chi connectivity index (χ2n) is 3.40. The van der Waals surface area contributed by atoms with Gasteiger partial charge in [-0.05, 0) is 11.6 Å². The van der Waals surface area contributed by atoms with Crippen LogP contribution >= 0.6 is 0 Å². The first-order valence-corrected chi connectivity index (χ1v) is 4.33. The van der Waals surface area contributed by atoms with Gasteiger partial charge >= 0.3 is 5.97 Å². The molecule has 1 aliphatic carbocycles. The number of nitrogens with zero attached hydrogens (tertiary/aromatic N) is 1. The van der Waals surface area contributed by atoms with E-state index in [2.05, 4.69) is 4.99 Å². The van der Waals surface area contributed by atoms with E-state index < -0.39 is 12.1 Å². The Morgan fingerprint density at radius 2 is 2.43 bits per heavy atom. The minimum absolute atomic E-state index is 0.192. The number of ether oxygens (including phenoxy) is 1. The first-order chi connectivity index (χ1) is 6.77. The summed E-state index contributed by atoms with van der Waals surface area (Å²) in [5.74, 6) is -0.501. The Morgan fingerprint density at radius 1 is 1.57 bits per heavy atom. The molecule has 4 aliphatic rings. The summed E-state index contributed by atoms with van der Waals surface area (Å²) in [4.78, 5) is 14.9. The number of carbonyl (C=O) groups is 1. The van der Waals surface area contributed by atoms with Crippen LogP contribution in [-0.2, 0) is 9.53 Å². The van der Waals surface area contributed by atoms with Gasteiger partial charge in [-0.3, -0.25) is 4.99 Å². The van der Waals surface area contributed by atoms with Gasteiger partial charge in [-0.15, -0.1) is 0 Å². The van der Waals surface area contributed by atoms with Crippen molar-refractivity contribution in [2.45, 2.75) is 6.10 Å². The van der Waals surface area contributed by atoms with E-state index in [0.717, 1.165) is 11.1 Å². The van der Waals surface area contributed by atoms with Gasteiger partial charge in [0.2, 0.25) is 6.10 Å². The van der Waals surface area contributed by atoms with Crippen LogP contribution in [0.5, 0.6) is 0 Å². The first kappa shape index (κ1) is 7.55. The maximum absolute atomic E-state index is 10.9. The Kier molecular flexibility index (Phi) is 1.27. The van der Waals surface area contributed by atoms with Gasteiger partial charge in [-0.25, -0.2) is 4.79 Å². The van der Waals surface area contributed by atoms with E-state index in [1.54, 1.807) is 12.4 Å². The second kappa shape index (κ2) is 2.35. The maximum Gasteiger partial charge on any atom is 0.345 e. The molecule has 0 saturated heterocycles. The maximum atomic E-state index is 10.9. The number of fused-ring (bicyclic) bond motifs is 1. The van der Waals surface area contributed by atoms with Crippen molar-refractivity contribution in [1.82, 2.24) is 0 Å². The minimum atomic E-state index is -0.927. The monoisotopic (exact) mass is 189 g/mol. The predicted octanol–water partition coefficient (Wildman–Crippen LogP) is 0.878. The molecule has 4 nitrogen and oxygen atoms in total. The van der Waals surface area contributed by atoms with Gasteiger partial charge in [0, 0.05) is 18.0 Å². The van der Waals surface area contributed by atoms with Crippen LogP contribution < -0.4 is 0 Å². The number of hydrogen-bond donors (Lipinski definition) is 1. The van der Waals surface area contributed by atoms with Crippen LogP contribution in [0, 0.1) is 5.92 Å². The van der Waals surface area contributed by atoms with Crippen molar-refractivity contribution in [2.75, 3.05) is 0 Å². The first-order valence-electron chi connectivity index (χ1n) is 4.33. The fourth-order valence-electron chi connectivity index (χ4n) is 1.97. The summed E-state index contributed by atoms with van der Waals surface area (Å²) in [6, 6.07) is 0. The van der Waals surface area contributed by atoms with Crippen molar-refractivity contribution in [3.8, 4) is 0 Å². The van der Waals surface area contributed by atoms with Crippen molar-refractivity contribution in [3.05, 3.63) is 35.3 Å². The Hall–Kier alpha value is -1.84.